The van der Waals surface area contributed by atoms with Crippen LogP contribution in [0.15, 0.2) is 5.11 Å². The maximum absolute atomic E-state index is 10.3. The summed E-state index contributed by atoms with van der Waals surface area (Å²) in [4.78, 5) is 2.41. The third-order valence-corrected chi connectivity index (χ3v) is 2.00. The van der Waals surface area contributed by atoms with Crippen molar-refractivity contribution in [1.29, 1.82) is 0 Å². The molecule has 0 amide bonds. The normalized spacial score (nSPS) is 15.1. The van der Waals surface area contributed by atoms with E-state index in [2.05, 4.69) is 10.0 Å². The average Bonchev–Trinajstić information content (AvgIpc) is 1.97. The molecule has 2 unspecified atom stereocenters. The highest BCUT2D eigenvalue weighted by Crippen LogP contribution is 1.99. The number of hydrogen-bond acceptors (Lipinski definition) is 4. The zero-order valence-corrected chi connectivity index (χ0v) is 6.53. The van der Waals surface area contributed by atoms with Crippen molar-refractivity contribution in [2.45, 2.75) is 11.7 Å². The molecule has 0 aromatic heterocycles. The van der Waals surface area contributed by atoms with Crippen LogP contribution in [0.5, 0.6) is 0 Å². The van der Waals surface area contributed by atoms with Gasteiger partial charge in [0.25, 0.3) is 0 Å². The van der Waals surface area contributed by atoms with E-state index in [4.69, 9.17) is 10.6 Å². The Bertz CT molecular complexity index is 179. The SMILES string of the molecule is [N-]=[N+]=NCC(CCO)S(=O)[O-]. The first-order valence-corrected chi connectivity index (χ1v) is 4.06. The fourth-order valence-electron chi connectivity index (χ4n) is 0.520. The van der Waals surface area contributed by atoms with Crippen molar-refractivity contribution in [2.75, 3.05) is 13.2 Å². The Morgan fingerprint density at radius 2 is 2.45 bits per heavy atom. The number of hydrogen-bond donors (Lipinski definition) is 1. The van der Waals surface area contributed by atoms with E-state index in [9.17, 15) is 8.76 Å². The van der Waals surface area contributed by atoms with Gasteiger partial charge in [-0.1, -0.05) is 16.2 Å². The molecule has 0 spiro atoms. The minimum atomic E-state index is -2.28. The van der Waals surface area contributed by atoms with Crippen molar-refractivity contribution in [3.63, 3.8) is 0 Å². The van der Waals surface area contributed by atoms with Gasteiger partial charge in [0.2, 0.25) is 0 Å². The van der Waals surface area contributed by atoms with Gasteiger partial charge in [-0.25, -0.2) is 0 Å². The Balaban J connectivity index is 3.88. The second-order valence-corrected chi connectivity index (χ2v) is 3.00. The summed E-state index contributed by atoms with van der Waals surface area (Å²) < 4.78 is 20.6. The van der Waals surface area contributed by atoms with E-state index in [1.54, 1.807) is 0 Å². The summed E-state index contributed by atoms with van der Waals surface area (Å²) in [5.41, 5.74) is 7.86. The van der Waals surface area contributed by atoms with Crippen LogP contribution < -0.4 is 0 Å². The Labute approximate surface area is 66.1 Å². The molecule has 0 bridgehead atoms. The van der Waals surface area contributed by atoms with Crippen molar-refractivity contribution in [1.82, 2.24) is 0 Å². The fourth-order valence-corrected chi connectivity index (χ4v) is 1.01. The van der Waals surface area contributed by atoms with Crippen LogP contribution in [-0.4, -0.2) is 32.3 Å². The van der Waals surface area contributed by atoms with Gasteiger partial charge in [0.1, 0.15) is 0 Å². The highest BCUT2D eigenvalue weighted by molar-refractivity contribution is 7.79. The summed E-state index contributed by atoms with van der Waals surface area (Å²) >= 11 is -2.28. The van der Waals surface area contributed by atoms with E-state index in [0.29, 0.717) is 0 Å². The molecular formula is C4H8N3O3S-. The van der Waals surface area contributed by atoms with Crippen LogP contribution in [0.25, 0.3) is 10.4 Å². The zero-order valence-electron chi connectivity index (χ0n) is 5.71. The van der Waals surface area contributed by atoms with Crippen LogP contribution in [-0.2, 0) is 11.1 Å². The number of rotatable bonds is 5. The first kappa shape index (κ1) is 10.4. The molecule has 1 N–H and O–H groups in total. The highest BCUT2D eigenvalue weighted by atomic mass is 32.2. The predicted octanol–water partition coefficient (Wildman–Crippen LogP) is -0.0732. The van der Waals surface area contributed by atoms with Crippen molar-refractivity contribution >= 4 is 11.1 Å². The molecule has 0 aromatic carbocycles. The molecule has 6 nitrogen and oxygen atoms in total. The first-order valence-electron chi connectivity index (χ1n) is 2.92. The lowest BCUT2D eigenvalue weighted by atomic mass is 10.3. The molecule has 64 valence electrons. The van der Waals surface area contributed by atoms with Crippen LogP contribution in [0.4, 0.5) is 0 Å². The Hall–Kier alpha value is -0.620. The highest BCUT2D eigenvalue weighted by Gasteiger charge is 2.06. The third-order valence-electron chi connectivity index (χ3n) is 1.07. The van der Waals surface area contributed by atoms with Crippen molar-refractivity contribution in [2.24, 2.45) is 5.11 Å². The Morgan fingerprint density at radius 1 is 1.82 bits per heavy atom. The van der Waals surface area contributed by atoms with Crippen LogP contribution >= 0.6 is 0 Å². The molecular weight excluding hydrogens is 170 g/mol. The van der Waals surface area contributed by atoms with Gasteiger partial charge in [0.15, 0.2) is 0 Å². The Kier molecular flexibility index (Phi) is 5.77. The van der Waals surface area contributed by atoms with Crippen molar-refractivity contribution < 1.29 is 13.9 Å². The first-order chi connectivity index (χ1) is 5.22. The molecule has 0 fully saturated rings. The lowest BCUT2D eigenvalue weighted by Gasteiger charge is -2.15. The van der Waals surface area contributed by atoms with Gasteiger partial charge in [-0.3, -0.25) is 4.21 Å². The summed E-state index contributed by atoms with van der Waals surface area (Å²) in [7, 11) is 0. The number of azide groups is 1. The van der Waals surface area contributed by atoms with Crippen molar-refractivity contribution in [3.05, 3.63) is 10.4 Å². The van der Waals surface area contributed by atoms with Gasteiger partial charge in [0, 0.05) is 23.3 Å². The maximum Gasteiger partial charge on any atom is 0.0442 e. The van der Waals surface area contributed by atoms with Crippen LogP contribution in [0.1, 0.15) is 6.42 Å². The van der Waals surface area contributed by atoms with E-state index >= 15 is 0 Å². The molecule has 0 aliphatic heterocycles. The minimum absolute atomic E-state index is 0.106. The monoisotopic (exact) mass is 178 g/mol. The van der Waals surface area contributed by atoms with E-state index in [1.165, 1.54) is 0 Å². The largest absolute Gasteiger partial charge is 0.772 e. The van der Waals surface area contributed by atoms with Gasteiger partial charge in [-0.2, -0.15) is 0 Å². The van der Waals surface area contributed by atoms with Gasteiger partial charge in [0.05, 0.1) is 0 Å². The number of aliphatic hydroxyl groups is 1. The van der Waals surface area contributed by atoms with E-state index in [0.717, 1.165) is 0 Å². The quantitative estimate of drug-likeness (QED) is 0.275. The number of aliphatic hydroxyl groups excluding tert-OH is 1. The van der Waals surface area contributed by atoms with E-state index in [-0.39, 0.29) is 19.6 Å². The summed E-state index contributed by atoms with van der Waals surface area (Å²) in [6, 6.07) is 0. The molecule has 0 saturated carbocycles. The molecule has 0 aromatic rings. The van der Waals surface area contributed by atoms with Crippen LogP contribution in [0, 0.1) is 0 Å². The molecule has 0 saturated heterocycles. The van der Waals surface area contributed by atoms with Gasteiger partial charge < -0.3 is 9.66 Å². The molecule has 0 heterocycles. The second kappa shape index (κ2) is 6.11. The zero-order chi connectivity index (χ0) is 8.69. The molecule has 7 heteroatoms. The summed E-state index contributed by atoms with van der Waals surface area (Å²) in [5.74, 6) is 0. The lowest BCUT2D eigenvalue weighted by molar-refractivity contribution is 0.285. The topological polar surface area (TPSA) is 109 Å². The summed E-state index contributed by atoms with van der Waals surface area (Å²) in [6.45, 7) is -0.341. The molecule has 2 atom stereocenters. The molecule has 11 heavy (non-hydrogen) atoms. The van der Waals surface area contributed by atoms with Gasteiger partial charge in [-0.05, 0) is 12.0 Å². The molecule has 0 aliphatic carbocycles. The lowest BCUT2D eigenvalue weighted by Crippen LogP contribution is -2.19. The maximum atomic E-state index is 10.3. The Morgan fingerprint density at radius 3 is 2.82 bits per heavy atom. The van der Waals surface area contributed by atoms with E-state index < -0.39 is 16.3 Å². The standard InChI is InChI=1S/C4H9N3O3S/c5-7-6-3-4(1-2-8)11(9)10/h4,8H,1-3H2,(H,9,10)/p-1. The average molecular weight is 178 g/mol. The van der Waals surface area contributed by atoms with Crippen LogP contribution in [0.3, 0.4) is 0 Å². The molecule has 0 radical (unpaired) electrons. The summed E-state index contributed by atoms with van der Waals surface area (Å²) in [6.07, 6.45) is 0.106. The smallest absolute Gasteiger partial charge is 0.0442 e. The van der Waals surface area contributed by atoms with Crippen molar-refractivity contribution in [3.8, 4) is 0 Å². The van der Waals surface area contributed by atoms with E-state index in [1.807, 2.05) is 0 Å². The minimum Gasteiger partial charge on any atom is -0.772 e. The fraction of sp³-hybridized carbons (Fsp3) is 1.00. The van der Waals surface area contributed by atoms with Gasteiger partial charge >= 0.3 is 0 Å². The second-order valence-electron chi connectivity index (χ2n) is 1.81. The number of nitrogens with zero attached hydrogens (tertiary/aromatic N) is 3. The summed E-state index contributed by atoms with van der Waals surface area (Å²) in [5, 5.41) is 10.7. The van der Waals surface area contributed by atoms with Gasteiger partial charge in [-0.15, -0.1) is 0 Å². The third kappa shape index (κ3) is 4.74. The molecule has 0 aliphatic rings. The van der Waals surface area contributed by atoms with Crippen LogP contribution in [0.2, 0.25) is 0 Å². The predicted molar refractivity (Wildman–Crippen MR) is 38.4 cm³/mol. The molecule has 0 rings (SSSR count).